The number of carbonyl (C=O) groups excluding carboxylic acids is 1. The van der Waals surface area contributed by atoms with Crippen LogP contribution in [0, 0.1) is 20.2 Å². The number of phenols is 1. The summed E-state index contributed by atoms with van der Waals surface area (Å²) < 4.78 is 24.5. The zero-order chi connectivity index (χ0) is 21.1. The predicted octanol–water partition coefficient (Wildman–Crippen LogP) is 2.28. The second kappa shape index (κ2) is 7.75. The van der Waals surface area contributed by atoms with Crippen LogP contribution in [0.25, 0.3) is 0 Å². The van der Waals surface area contributed by atoms with Gasteiger partial charge in [-0.1, -0.05) is 0 Å². The van der Waals surface area contributed by atoms with Crippen LogP contribution in [0.4, 0.5) is 11.4 Å². The Labute approximate surface area is 161 Å². The van der Waals surface area contributed by atoms with Gasteiger partial charge in [0.2, 0.25) is 19.3 Å². The van der Waals surface area contributed by atoms with E-state index in [2.05, 4.69) is 0 Å². The van der Waals surface area contributed by atoms with Gasteiger partial charge in [-0.3, -0.25) is 25.0 Å². The highest BCUT2D eigenvalue weighted by molar-refractivity contribution is 5.72. The lowest BCUT2D eigenvalue weighted by Crippen LogP contribution is -2.04. The lowest BCUT2D eigenvalue weighted by atomic mass is 10.2. The molecule has 0 fully saturated rings. The van der Waals surface area contributed by atoms with Crippen LogP contribution in [0.2, 0.25) is 0 Å². The van der Waals surface area contributed by atoms with Crippen LogP contribution in [0.5, 0.6) is 34.5 Å². The van der Waals surface area contributed by atoms with E-state index in [1.54, 1.807) is 0 Å². The molecule has 0 radical (unpaired) electrons. The molecule has 2 aliphatic heterocycles. The van der Waals surface area contributed by atoms with Crippen molar-refractivity contribution >= 4 is 17.3 Å². The summed E-state index contributed by atoms with van der Waals surface area (Å²) in [5, 5.41) is 30.3. The van der Waals surface area contributed by atoms with Crippen molar-refractivity contribution in [3.8, 4) is 34.5 Å². The molecule has 2 heterocycles. The number of nitrogens with zero attached hydrogens (tertiary/aromatic N) is 2. The fourth-order valence-corrected chi connectivity index (χ4v) is 2.36. The molecule has 4 rings (SSSR count). The molecular weight excluding hydrogens is 396 g/mol. The number of aromatic hydroxyl groups is 1. The summed E-state index contributed by atoms with van der Waals surface area (Å²) in [5.74, 6) is -0.0185. The van der Waals surface area contributed by atoms with E-state index in [1.807, 2.05) is 0 Å². The molecule has 29 heavy (non-hydrogen) atoms. The molecular formula is C16H12N2O11. The Morgan fingerprint density at radius 2 is 1.34 bits per heavy atom. The molecule has 0 aromatic heterocycles. The van der Waals surface area contributed by atoms with Crippen molar-refractivity contribution in [3.63, 3.8) is 0 Å². The summed E-state index contributed by atoms with van der Waals surface area (Å²) in [6.45, 7) is 1.18. The van der Waals surface area contributed by atoms with E-state index in [4.69, 9.17) is 28.8 Å². The predicted molar refractivity (Wildman–Crippen MR) is 91.4 cm³/mol. The number of nitro benzene ring substituents is 2. The van der Waals surface area contributed by atoms with Crippen LogP contribution < -0.4 is 23.7 Å². The number of nitro groups is 2. The lowest BCUT2D eigenvalue weighted by Gasteiger charge is -2.03. The maximum Gasteiger partial charge on any atom is 0.315 e. The van der Waals surface area contributed by atoms with Gasteiger partial charge < -0.3 is 28.8 Å². The molecule has 1 N–H and O–H groups in total. The summed E-state index contributed by atoms with van der Waals surface area (Å²) in [6.07, 6.45) is 0. The largest absolute Gasteiger partial charge is 0.502 e. The van der Waals surface area contributed by atoms with E-state index in [0.29, 0.717) is 11.5 Å². The number of esters is 1. The molecule has 0 amide bonds. The standard InChI is InChI=1S/C9H7NO6.C7H5NO5/c1-5(11)16-7-3-9-8(14-4-15-9)2-6(7)10(12)13;9-5-2-7-6(12-3-13-7)1-4(5)8(10)11/h2-3H,4H2,1H3;1-2,9H,3H2. The molecule has 0 atom stereocenters. The Morgan fingerprint density at radius 3 is 1.83 bits per heavy atom. The van der Waals surface area contributed by atoms with Gasteiger partial charge in [0.05, 0.1) is 22.0 Å². The first-order valence-corrected chi connectivity index (χ1v) is 7.79. The second-order valence-corrected chi connectivity index (χ2v) is 5.48. The van der Waals surface area contributed by atoms with Gasteiger partial charge in [0.1, 0.15) is 0 Å². The summed E-state index contributed by atoms with van der Waals surface area (Å²) in [6, 6.07) is 4.74. The van der Waals surface area contributed by atoms with Crippen LogP contribution in [0.15, 0.2) is 24.3 Å². The minimum atomic E-state index is -0.683. The zero-order valence-electron chi connectivity index (χ0n) is 14.6. The van der Waals surface area contributed by atoms with Gasteiger partial charge >= 0.3 is 17.3 Å². The lowest BCUT2D eigenvalue weighted by molar-refractivity contribution is -0.386. The van der Waals surface area contributed by atoms with E-state index in [0.717, 1.165) is 13.0 Å². The molecule has 13 nitrogen and oxygen atoms in total. The summed E-state index contributed by atoms with van der Waals surface area (Å²) in [5.41, 5.74) is -0.719. The summed E-state index contributed by atoms with van der Waals surface area (Å²) >= 11 is 0. The maximum absolute atomic E-state index is 10.8. The van der Waals surface area contributed by atoms with Gasteiger partial charge in [-0.25, -0.2) is 0 Å². The van der Waals surface area contributed by atoms with E-state index in [-0.39, 0.29) is 42.2 Å². The highest BCUT2D eigenvalue weighted by atomic mass is 16.7. The highest BCUT2D eigenvalue weighted by Crippen LogP contribution is 2.42. The van der Waals surface area contributed by atoms with Crippen molar-refractivity contribution in [1.82, 2.24) is 0 Å². The molecule has 0 saturated heterocycles. The van der Waals surface area contributed by atoms with Crippen LogP contribution >= 0.6 is 0 Å². The van der Waals surface area contributed by atoms with Crippen molar-refractivity contribution in [2.45, 2.75) is 6.92 Å². The summed E-state index contributed by atoms with van der Waals surface area (Å²) in [7, 11) is 0. The first kappa shape index (κ1) is 19.5. The van der Waals surface area contributed by atoms with Crippen LogP contribution in [-0.2, 0) is 4.79 Å². The normalized spacial score (nSPS) is 12.6. The second-order valence-electron chi connectivity index (χ2n) is 5.48. The number of ether oxygens (including phenoxy) is 5. The van der Waals surface area contributed by atoms with Gasteiger partial charge in [-0.05, 0) is 0 Å². The third-order valence-corrected chi connectivity index (χ3v) is 3.57. The minimum Gasteiger partial charge on any atom is -0.502 e. The van der Waals surface area contributed by atoms with Crippen molar-refractivity contribution in [1.29, 1.82) is 0 Å². The third-order valence-electron chi connectivity index (χ3n) is 3.57. The SMILES string of the molecule is CC(=O)Oc1cc2c(cc1[N+](=O)[O-])OCO2.O=[N+]([O-])c1cc2c(cc1O)OCO2. The van der Waals surface area contributed by atoms with Gasteiger partial charge in [-0.15, -0.1) is 0 Å². The van der Waals surface area contributed by atoms with Crippen molar-refractivity contribution in [2.75, 3.05) is 13.6 Å². The number of benzene rings is 2. The topological polar surface area (TPSA) is 170 Å². The molecule has 0 saturated carbocycles. The minimum absolute atomic E-state index is 0.00396. The van der Waals surface area contributed by atoms with Crippen LogP contribution in [0.1, 0.15) is 6.92 Å². The Kier molecular flexibility index (Phi) is 5.21. The van der Waals surface area contributed by atoms with Gasteiger partial charge in [0.15, 0.2) is 28.7 Å². The number of phenolic OH excluding ortho intramolecular Hbond substituents is 1. The van der Waals surface area contributed by atoms with Gasteiger partial charge in [-0.2, -0.15) is 0 Å². The average molecular weight is 408 g/mol. The Bertz CT molecular complexity index is 1000. The molecule has 0 bridgehead atoms. The molecule has 0 spiro atoms. The number of hydrogen-bond donors (Lipinski definition) is 1. The molecule has 0 aliphatic carbocycles. The van der Waals surface area contributed by atoms with Gasteiger partial charge in [0, 0.05) is 19.1 Å². The van der Waals surface area contributed by atoms with E-state index >= 15 is 0 Å². The Morgan fingerprint density at radius 1 is 0.897 bits per heavy atom. The smallest absolute Gasteiger partial charge is 0.315 e. The zero-order valence-corrected chi connectivity index (χ0v) is 14.6. The van der Waals surface area contributed by atoms with Crippen molar-refractivity contribution in [3.05, 3.63) is 44.5 Å². The number of hydrogen-bond acceptors (Lipinski definition) is 11. The van der Waals surface area contributed by atoms with Crippen molar-refractivity contribution < 1.29 is 43.4 Å². The Hall–Kier alpha value is -4.29. The first-order chi connectivity index (χ1) is 13.8. The highest BCUT2D eigenvalue weighted by Gasteiger charge is 2.25. The number of rotatable bonds is 3. The molecule has 2 aromatic carbocycles. The molecule has 2 aliphatic rings. The Balaban J connectivity index is 0.000000169. The number of carbonyl (C=O) groups is 1. The van der Waals surface area contributed by atoms with E-state index in [9.17, 15) is 25.0 Å². The third kappa shape index (κ3) is 4.18. The van der Waals surface area contributed by atoms with E-state index < -0.39 is 21.6 Å². The first-order valence-electron chi connectivity index (χ1n) is 7.79. The molecule has 0 unspecified atom stereocenters. The fraction of sp³-hybridized carbons (Fsp3) is 0.188. The van der Waals surface area contributed by atoms with Crippen molar-refractivity contribution in [2.24, 2.45) is 0 Å². The molecule has 13 heteroatoms. The monoisotopic (exact) mass is 408 g/mol. The maximum atomic E-state index is 10.8. The quantitative estimate of drug-likeness (QED) is 0.342. The molecule has 152 valence electrons. The van der Waals surface area contributed by atoms with Crippen LogP contribution in [-0.4, -0.2) is 34.5 Å². The fourth-order valence-electron chi connectivity index (χ4n) is 2.36. The van der Waals surface area contributed by atoms with Gasteiger partial charge in [0.25, 0.3) is 0 Å². The average Bonchev–Trinajstić information content (AvgIpc) is 3.28. The molecule has 2 aromatic rings. The van der Waals surface area contributed by atoms with E-state index in [1.165, 1.54) is 18.2 Å². The summed E-state index contributed by atoms with van der Waals surface area (Å²) in [4.78, 5) is 30.5. The van der Waals surface area contributed by atoms with Crippen LogP contribution in [0.3, 0.4) is 0 Å². The number of fused-ring (bicyclic) bond motifs is 2.